The molecule has 0 spiro atoms. The predicted molar refractivity (Wildman–Crippen MR) is 95.7 cm³/mol. The lowest BCUT2D eigenvalue weighted by molar-refractivity contribution is -0.127. The number of rotatable bonds is 7. The van der Waals surface area contributed by atoms with Crippen LogP contribution in [0, 0.1) is 11.3 Å². The van der Waals surface area contributed by atoms with E-state index in [1.807, 2.05) is 36.4 Å². The van der Waals surface area contributed by atoms with Gasteiger partial charge in [0.2, 0.25) is 0 Å². The summed E-state index contributed by atoms with van der Waals surface area (Å²) in [7, 11) is 1.50. The SMILES string of the molecule is COc1cc(C#N)ccc1O[C@@H](C)C(=O)NC[C@H](C)c1ccccc1. The maximum absolute atomic E-state index is 12.3. The molecule has 0 heterocycles. The lowest BCUT2D eigenvalue weighted by Crippen LogP contribution is -2.38. The van der Waals surface area contributed by atoms with E-state index in [1.165, 1.54) is 12.7 Å². The van der Waals surface area contributed by atoms with Crippen molar-refractivity contribution in [2.45, 2.75) is 25.9 Å². The molecule has 5 heteroatoms. The fourth-order valence-electron chi connectivity index (χ4n) is 2.38. The summed E-state index contributed by atoms with van der Waals surface area (Å²) in [4.78, 5) is 12.3. The average molecular weight is 338 g/mol. The fourth-order valence-corrected chi connectivity index (χ4v) is 2.38. The van der Waals surface area contributed by atoms with Crippen molar-refractivity contribution in [2.75, 3.05) is 13.7 Å². The zero-order valence-electron chi connectivity index (χ0n) is 14.7. The molecule has 0 aliphatic carbocycles. The fraction of sp³-hybridized carbons (Fsp3) is 0.300. The summed E-state index contributed by atoms with van der Waals surface area (Å²) >= 11 is 0. The highest BCUT2D eigenvalue weighted by atomic mass is 16.5. The van der Waals surface area contributed by atoms with Gasteiger partial charge in [0, 0.05) is 12.6 Å². The number of hydrogen-bond acceptors (Lipinski definition) is 4. The number of benzene rings is 2. The minimum atomic E-state index is -0.676. The first-order valence-electron chi connectivity index (χ1n) is 8.12. The van der Waals surface area contributed by atoms with E-state index in [0.717, 1.165) is 0 Å². The predicted octanol–water partition coefficient (Wildman–Crippen LogP) is 3.25. The van der Waals surface area contributed by atoms with E-state index in [0.29, 0.717) is 23.6 Å². The van der Waals surface area contributed by atoms with E-state index in [9.17, 15) is 4.79 Å². The third-order valence-electron chi connectivity index (χ3n) is 3.92. The number of ether oxygens (including phenoxy) is 2. The molecule has 1 N–H and O–H groups in total. The minimum absolute atomic E-state index is 0.200. The van der Waals surface area contributed by atoms with Crippen molar-refractivity contribution in [3.63, 3.8) is 0 Å². The van der Waals surface area contributed by atoms with E-state index in [1.54, 1.807) is 25.1 Å². The number of hydrogen-bond donors (Lipinski definition) is 1. The van der Waals surface area contributed by atoms with Crippen molar-refractivity contribution in [3.8, 4) is 17.6 Å². The van der Waals surface area contributed by atoms with Crippen molar-refractivity contribution >= 4 is 5.91 Å². The first kappa shape index (κ1) is 18.3. The van der Waals surface area contributed by atoms with Crippen molar-refractivity contribution in [1.82, 2.24) is 5.32 Å². The van der Waals surface area contributed by atoms with Crippen LogP contribution in [0.1, 0.15) is 30.9 Å². The Hall–Kier alpha value is -3.00. The van der Waals surface area contributed by atoms with Crippen LogP contribution in [-0.4, -0.2) is 25.7 Å². The summed E-state index contributed by atoms with van der Waals surface area (Å²) in [6.45, 7) is 4.27. The maximum atomic E-state index is 12.3. The second-order valence-corrected chi connectivity index (χ2v) is 5.79. The van der Waals surface area contributed by atoms with Gasteiger partial charge >= 0.3 is 0 Å². The van der Waals surface area contributed by atoms with Gasteiger partial charge in [0.15, 0.2) is 17.6 Å². The molecule has 1 amide bonds. The van der Waals surface area contributed by atoms with Gasteiger partial charge in [-0.05, 0) is 30.5 Å². The summed E-state index contributed by atoms with van der Waals surface area (Å²) in [5.41, 5.74) is 1.64. The van der Waals surface area contributed by atoms with Crippen LogP contribution in [0.25, 0.3) is 0 Å². The average Bonchev–Trinajstić information content (AvgIpc) is 2.66. The molecule has 2 rings (SSSR count). The summed E-state index contributed by atoms with van der Waals surface area (Å²) in [6.07, 6.45) is -0.676. The van der Waals surface area contributed by atoms with E-state index >= 15 is 0 Å². The summed E-state index contributed by atoms with van der Waals surface area (Å²) in [5, 5.41) is 11.8. The molecular formula is C20H22N2O3. The highest BCUT2D eigenvalue weighted by molar-refractivity contribution is 5.80. The first-order valence-corrected chi connectivity index (χ1v) is 8.12. The zero-order valence-corrected chi connectivity index (χ0v) is 14.7. The number of nitrogens with one attached hydrogen (secondary N) is 1. The molecule has 0 aliphatic rings. The molecule has 0 saturated carbocycles. The second-order valence-electron chi connectivity index (χ2n) is 5.79. The van der Waals surface area contributed by atoms with E-state index in [4.69, 9.17) is 14.7 Å². The Morgan fingerprint density at radius 1 is 1.16 bits per heavy atom. The van der Waals surface area contributed by atoms with Crippen LogP contribution >= 0.6 is 0 Å². The van der Waals surface area contributed by atoms with Crippen LogP contribution in [-0.2, 0) is 4.79 Å². The number of carbonyl (C=O) groups is 1. The number of amides is 1. The van der Waals surface area contributed by atoms with Crippen LogP contribution in [0.2, 0.25) is 0 Å². The molecule has 0 saturated heterocycles. The molecule has 0 aliphatic heterocycles. The maximum Gasteiger partial charge on any atom is 0.260 e. The molecule has 0 bridgehead atoms. The molecule has 2 atom stereocenters. The number of carbonyl (C=O) groups excluding carboxylic acids is 1. The molecule has 5 nitrogen and oxygen atoms in total. The topological polar surface area (TPSA) is 71.3 Å². The third kappa shape index (κ3) is 4.98. The molecule has 0 fully saturated rings. The number of methoxy groups -OCH3 is 1. The van der Waals surface area contributed by atoms with Gasteiger partial charge in [-0.3, -0.25) is 4.79 Å². The lowest BCUT2D eigenvalue weighted by Gasteiger charge is -2.18. The van der Waals surface area contributed by atoms with Crippen molar-refractivity contribution in [3.05, 3.63) is 59.7 Å². The minimum Gasteiger partial charge on any atom is -0.493 e. The van der Waals surface area contributed by atoms with Crippen LogP contribution in [0.3, 0.4) is 0 Å². The van der Waals surface area contributed by atoms with Gasteiger partial charge in [0.05, 0.1) is 18.7 Å². The largest absolute Gasteiger partial charge is 0.493 e. The zero-order chi connectivity index (χ0) is 18.2. The van der Waals surface area contributed by atoms with Crippen molar-refractivity contribution in [1.29, 1.82) is 5.26 Å². The molecule has 25 heavy (non-hydrogen) atoms. The quantitative estimate of drug-likeness (QED) is 0.841. The van der Waals surface area contributed by atoms with Gasteiger partial charge in [0.1, 0.15) is 0 Å². The van der Waals surface area contributed by atoms with Crippen LogP contribution in [0.15, 0.2) is 48.5 Å². The van der Waals surface area contributed by atoms with Gasteiger partial charge in [0.25, 0.3) is 5.91 Å². The Bertz CT molecular complexity index is 753. The molecule has 0 aromatic heterocycles. The third-order valence-corrected chi connectivity index (χ3v) is 3.92. The summed E-state index contributed by atoms with van der Waals surface area (Å²) < 4.78 is 10.9. The van der Waals surface area contributed by atoms with E-state index in [-0.39, 0.29) is 11.8 Å². The molecular weight excluding hydrogens is 316 g/mol. The summed E-state index contributed by atoms with van der Waals surface area (Å²) in [5.74, 6) is 0.868. The Morgan fingerprint density at radius 2 is 1.88 bits per heavy atom. The summed E-state index contributed by atoms with van der Waals surface area (Å²) in [6, 6.07) is 16.9. The lowest BCUT2D eigenvalue weighted by atomic mass is 10.0. The standard InChI is InChI=1S/C20H22N2O3/c1-14(17-7-5-4-6-8-17)13-22-20(23)15(2)25-18-10-9-16(12-21)11-19(18)24-3/h4-11,14-15H,13H2,1-3H3,(H,22,23)/t14-,15-/m0/s1. The van der Waals surface area contributed by atoms with Gasteiger partial charge in [-0.25, -0.2) is 0 Å². The Balaban J connectivity index is 1.93. The Morgan fingerprint density at radius 3 is 2.52 bits per heavy atom. The first-order chi connectivity index (χ1) is 12.0. The van der Waals surface area contributed by atoms with Crippen LogP contribution in [0.4, 0.5) is 0 Å². The second kappa shape index (κ2) is 8.74. The smallest absolute Gasteiger partial charge is 0.260 e. The van der Waals surface area contributed by atoms with Gasteiger partial charge < -0.3 is 14.8 Å². The highest BCUT2D eigenvalue weighted by Gasteiger charge is 2.18. The normalized spacial score (nSPS) is 12.6. The highest BCUT2D eigenvalue weighted by Crippen LogP contribution is 2.28. The number of nitriles is 1. The van der Waals surface area contributed by atoms with Gasteiger partial charge in [-0.1, -0.05) is 37.3 Å². The van der Waals surface area contributed by atoms with Gasteiger partial charge in [-0.15, -0.1) is 0 Å². The van der Waals surface area contributed by atoms with Crippen molar-refractivity contribution in [2.24, 2.45) is 0 Å². The molecule has 0 unspecified atom stereocenters. The van der Waals surface area contributed by atoms with E-state index in [2.05, 4.69) is 12.2 Å². The molecule has 0 radical (unpaired) electrons. The number of nitrogens with zero attached hydrogens (tertiary/aromatic N) is 1. The molecule has 2 aromatic carbocycles. The Kier molecular flexibility index (Phi) is 6.41. The monoisotopic (exact) mass is 338 g/mol. The van der Waals surface area contributed by atoms with Crippen LogP contribution in [0.5, 0.6) is 11.5 Å². The van der Waals surface area contributed by atoms with Gasteiger partial charge in [-0.2, -0.15) is 5.26 Å². The van der Waals surface area contributed by atoms with Crippen LogP contribution < -0.4 is 14.8 Å². The molecule has 2 aromatic rings. The van der Waals surface area contributed by atoms with Crippen molar-refractivity contribution < 1.29 is 14.3 Å². The molecule has 130 valence electrons. The Labute approximate surface area is 148 Å². The van der Waals surface area contributed by atoms with E-state index < -0.39 is 6.10 Å².